The Morgan fingerprint density at radius 3 is 1.96 bits per heavy atom. The van der Waals surface area contributed by atoms with E-state index in [1.165, 1.54) is 19.6 Å². The number of aryl methyl sites for hydroxylation is 2. The van der Waals surface area contributed by atoms with Crippen molar-refractivity contribution in [1.82, 2.24) is 0 Å². The van der Waals surface area contributed by atoms with E-state index in [1.807, 2.05) is 12.2 Å². The number of allylic oxidation sites excluding steroid dienone is 8. The molecule has 28 heavy (non-hydrogen) atoms. The van der Waals surface area contributed by atoms with Crippen molar-refractivity contribution in [2.24, 2.45) is 0 Å². The van der Waals surface area contributed by atoms with Crippen molar-refractivity contribution >= 4 is 35.0 Å². The van der Waals surface area contributed by atoms with Gasteiger partial charge in [0, 0.05) is 25.0 Å². The first-order valence-electron chi connectivity index (χ1n) is 9.95. The summed E-state index contributed by atoms with van der Waals surface area (Å²) in [5, 5.41) is 10.5. The highest BCUT2D eigenvalue weighted by Crippen LogP contribution is 2.38. The van der Waals surface area contributed by atoms with Crippen LogP contribution in [0.5, 0.6) is 0 Å². The Morgan fingerprint density at radius 2 is 1.50 bits per heavy atom. The number of aliphatic hydroxyl groups is 1. The first kappa shape index (κ1) is 20.8. The quantitative estimate of drug-likeness (QED) is 0.397. The molecule has 0 fully saturated rings. The maximum Gasteiger partial charge on any atom is 0.218 e. The standard InChI is InChI=1S/C24H26O2S2/c1-5-17-9-15(10-18(6-2)27-17)13-21-23(25)22(24(21)26)14-16-11-19(7-3)28-20(8-4)12-16/h9-14H,5-8H2,1-4H3/p+1. The van der Waals surface area contributed by atoms with Gasteiger partial charge in [-0.1, -0.05) is 39.5 Å². The second kappa shape index (κ2) is 9.06. The number of carbonyl (C=O) groups excluding carboxylic acids is 1. The molecule has 3 rings (SSSR count). The van der Waals surface area contributed by atoms with E-state index in [0.29, 0.717) is 11.1 Å². The lowest BCUT2D eigenvalue weighted by Gasteiger charge is -2.20. The number of carbonyl (C=O) groups is 1. The Balaban J connectivity index is 1.94. The maximum atomic E-state index is 12.7. The molecular weight excluding hydrogens is 384 g/mol. The average molecular weight is 412 g/mol. The number of Topliss-reactive ketones (excluding diaryl/α,β-unsaturated/α-hetero) is 1. The number of hydrogen-bond donors (Lipinski definition) is 1. The summed E-state index contributed by atoms with van der Waals surface area (Å²) in [7, 11) is 0. The van der Waals surface area contributed by atoms with E-state index in [9.17, 15) is 9.90 Å². The smallest absolute Gasteiger partial charge is 0.218 e. The molecule has 0 atom stereocenters. The van der Waals surface area contributed by atoms with Crippen LogP contribution in [0.1, 0.15) is 55.9 Å². The Morgan fingerprint density at radius 1 is 0.929 bits per heavy atom. The monoisotopic (exact) mass is 411 g/mol. The summed E-state index contributed by atoms with van der Waals surface area (Å²) in [5.41, 5.74) is 2.81. The van der Waals surface area contributed by atoms with Gasteiger partial charge in [-0.15, -0.1) is 0 Å². The molecule has 2 heterocycles. The molecule has 0 unspecified atom stereocenters. The van der Waals surface area contributed by atoms with Gasteiger partial charge in [0.15, 0.2) is 0 Å². The van der Waals surface area contributed by atoms with Gasteiger partial charge in [0.25, 0.3) is 0 Å². The lowest BCUT2D eigenvalue weighted by atomic mass is 9.85. The molecular formula is C24H27O2S2+. The van der Waals surface area contributed by atoms with Crippen molar-refractivity contribution < 1.29 is 9.90 Å². The Hall–Kier alpha value is -1.91. The zero-order valence-corrected chi connectivity index (χ0v) is 18.6. The van der Waals surface area contributed by atoms with Gasteiger partial charge >= 0.3 is 0 Å². The van der Waals surface area contributed by atoms with E-state index >= 15 is 0 Å². The topological polar surface area (TPSA) is 37.3 Å². The summed E-state index contributed by atoms with van der Waals surface area (Å²) >= 11 is 3.61. The highest BCUT2D eigenvalue weighted by atomic mass is 32.2. The summed E-state index contributed by atoms with van der Waals surface area (Å²) in [6.07, 6.45) is 11.7. The van der Waals surface area contributed by atoms with Crippen LogP contribution in [0.25, 0.3) is 6.08 Å². The lowest BCUT2D eigenvalue weighted by Crippen LogP contribution is -2.21. The normalized spacial score (nSPS) is 18.2. The van der Waals surface area contributed by atoms with Crippen molar-refractivity contribution in [2.45, 2.75) is 53.4 Å². The minimum Gasteiger partial charge on any atom is -0.506 e. The molecule has 1 aliphatic carbocycles. The molecule has 146 valence electrons. The van der Waals surface area contributed by atoms with Crippen LogP contribution in [0.4, 0.5) is 0 Å². The Bertz CT molecular complexity index is 915. The summed E-state index contributed by atoms with van der Waals surface area (Å²) in [6, 6.07) is 4.22. The molecule has 0 radical (unpaired) electrons. The number of thioether (sulfide) groups is 1. The molecule has 0 saturated heterocycles. The Labute approximate surface area is 176 Å². The SMILES string of the molecule is CCC1=CC(=CC2=C(O)C(=Cc3cc(CC)[s+]c(CC)c3)C2=O)C=C(CC)S1. The summed E-state index contributed by atoms with van der Waals surface area (Å²) in [6.45, 7) is 8.54. The average Bonchev–Trinajstić information content (AvgIpc) is 2.74. The summed E-state index contributed by atoms with van der Waals surface area (Å²) < 4.78 is 0. The fourth-order valence-corrected chi connectivity index (χ4v) is 5.22. The van der Waals surface area contributed by atoms with Crippen LogP contribution in [-0.2, 0) is 17.6 Å². The van der Waals surface area contributed by atoms with Crippen molar-refractivity contribution in [2.75, 3.05) is 0 Å². The molecule has 0 aromatic carbocycles. The highest BCUT2D eigenvalue weighted by Gasteiger charge is 2.32. The van der Waals surface area contributed by atoms with Gasteiger partial charge in [0.2, 0.25) is 26.9 Å². The van der Waals surface area contributed by atoms with E-state index < -0.39 is 0 Å². The number of hydrogen-bond acceptors (Lipinski definition) is 3. The second-order valence-electron chi connectivity index (χ2n) is 6.85. The molecule has 4 heteroatoms. The van der Waals surface area contributed by atoms with Gasteiger partial charge in [0.1, 0.15) is 5.76 Å². The molecule has 0 spiro atoms. The van der Waals surface area contributed by atoms with Gasteiger partial charge in [-0.25, -0.2) is 0 Å². The number of ketones is 1. The fourth-order valence-electron chi connectivity index (χ4n) is 3.19. The predicted octanol–water partition coefficient (Wildman–Crippen LogP) is 7.19. The minimum atomic E-state index is -0.0789. The molecule has 0 saturated carbocycles. The molecule has 0 bridgehead atoms. The Kier molecular flexibility index (Phi) is 6.73. The molecule has 1 N–H and O–H groups in total. The van der Waals surface area contributed by atoms with Crippen molar-refractivity contribution in [3.05, 3.63) is 78.0 Å². The fraction of sp³-hybridized carbons (Fsp3) is 0.333. The summed E-state index contributed by atoms with van der Waals surface area (Å²) in [4.78, 5) is 17.8. The second-order valence-corrected chi connectivity index (χ2v) is 9.36. The van der Waals surface area contributed by atoms with Crippen LogP contribution >= 0.6 is 23.1 Å². The van der Waals surface area contributed by atoms with Crippen LogP contribution in [-0.4, -0.2) is 10.9 Å². The third-order valence-electron chi connectivity index (χ3n) is 4.85. The van der Waals surface area contributed by atoms with Crippen molar-refractivity contribution in [1.29, 1.82) is 0 Å². The van der Waals surface area contributed by atoms with Gasteiger partial charge in [0.05, 0.1) is 11.1 Å². The van der Waals surface area contributed by atoms with Gasteiger partial charge in [-0.2, -0.15) is 0 Å². The van der Waals surface area contributed by atoms with E-state index in [-0.39, 0.29) is 11.5 Å². The predicted molar refractivity (Wildman–Crippen MR) is 123 cm³/mol. The molecule has 2 nitrogen and oxygen atoms in total. The van der Waals surface area contributed by atoms with Crippen molar-refractivity contribution in [3.63, 3.8) is 0 Å². The van der Waals surface area contributed by atoms with Crippen LogP contribution in [0, 0.1) is 0 Å². The van der Waals surface area contributed by atoms with E-state index in [1.54, 1.807) is 23.1 Å². The minimum absolute atomic E-state index is 0.0789. The first-order valence-corrected chi connectivity index (χ1v) is 11.6. The van der Waals surface area contributed by atoms with Crippen LogP contribution in [0.3, 0.4) is 0 Å². The third kappa shape index (κ3) is 4.39. The van der Waals surface area contributed by atoms with Crippen LogP contribution < -0.4 is 0 Å². The molecule has 1 aliphatic heterocycles. The highest BCUT2D eigenvalue weighted by molar-refractivity contribution is 8.06. The van der Waals surface area contributed by atoms with Crippen LogP contribution in [0.2, 0.25) is 0 Å². The first-order chi connectivity index (χ1) is 13.5. The molecule has 1 aromatic heterocycles. The largest absolute Gasteiger partial charge is 0.506 e. The van der Waals surface area contributed by atoms with E-state index in [0.717, 1.165) is 36.8 Å². The van der Waals surface area contributed by atoms with Gasteiger partial charge in [-0.3, -0.25) is 4.79 Å². The number of rotatable bonds is 6. The van der Waals surface area contributed by atoms with E-state index in [4.69, 9.17) is 0 Å². The van der Waals surface area contributed by atoms with Gasteiger partial charge < -0.3 is 5.11 Å². The zero-order chi connectivity index (χ0) is 20.3. The maximum absolute atomic E-state index is 12.7. The zero-order valence-electron chi connectivity index (χ0n) is 17.0. The number of aliphatic hydroxyl groups excluding tert-OH is 1. The molecule has 1 aromatic rings. The van der Waals surface area contributed by atoms with Crippen molar-refractivity contribution in [3.8, 4) is 0 Å². The van der Waals surface area contributed by atoms with Gasteiger partial charge in [-0.05, 0) is 58.1 Å². The van der Waals surface area contributed by atoms with E-state index in [2.05, 4.69) is 52.0 Å². The molecule has 2 aliphatic rings. The lowest BCUT2D eigenvalue weighted by molar-refractivity contribution is -0.113. The van der Waals surface area contributed by atoms with Crippen LogP contribution in [0.15, 0.2) is 62.6 Å². The molecule has 0 amide bonds. The summed E-state index contributed by atoms with van der Waals surface area (Å²) in [5.74, 6) is 0.0296. The third-order valence-corrected chi connectivity index (χ3v) is 7.53.